The largest absolute Gasteiger partial charge is 0.507 e. The highest BCUT2D eigenvalue weighted by molar-refractivity contribution is 6.18. The summed E-state index contributed by atoms with van der Waals surface area (Å²) in [7, 11) is 0. The van der Waals surface area contributed by atoms with Crippen LogP contribution in [-0.4, -0.2) is 23.3 Å². The summed E-state index contributed by atoms with van der Waals surface area (Å²) in [5, 5.41) is 24.2. The molecular weight excluding hydrogens is 350 g/mol. The molecule has 0 atom stereocenters. The fourth-order valence-corrected chi connectivity index (χ4v) is 3.90. The van der Waals surface area contributed by atoms with Crippen LogP contribution in [0.2, 0.25) is 0 Å². The lowest BCUT2D eigenvalue weighted by molar-refractivity contribution is 0.469. The Hall–Kier alpha value is -2.88. The Labute approximate surface area is 165 Å². The minimum absolute atomic E-state index is 0.0787. The van der Waals surface area contributed by atoms with Crippen LogP contribution < -0.4 is 4.90 Å². The summed E-state index contributed by atoms with van der Waals surface area (Å²) in [6, 6.07) is 13.4. The van der Waals surface area contributed by atoms with Gasteiger partial charge >= 0.3 is 0 Å². The second-order valence-corrected chi connectivity index (χ2v) is 7.42. The molecule has 0 bridgehead atoms. The standard InChI is InChI=1S/C24H27NO3/c1-3-5-13-25(14-6-4-2)16-11-12-19-20(15-16)28-24-21(19)22(26)17-9-7-8-10-18(17)23(24)27/h7-12,15,26-27H,3-6,13-14H2,1-2H3. The van der Waals surface area contributed by atoms with Crippen molar-refractivity contribution in [2.24, 2.45) is 0 Å². The maximum absolute atomic E-state index is 10.9. The number of nitrogens with zero attached hydrogens (tertiary/aromatic N) is 1. The van der Waals surface area contributed by atoms with Crippen molar-refractivity contribution in [3.63, 3.8) is 0 Å². The van der Waals surface area contributed by atoms with Crippen LogP contribution in [0, 0.1) is 0 Å². The van der Waals surface area contributed by atoms with Gasteiger partial charge in [-0.3, -0.25) is 0 Å². The van der Waals surface area contributed by atoms with Gasteiger partial charge in [0.2, 0.25) is 0 Å². The van der Waals surface area contributed by atoms with E-state index in [1.807, 2.05) is 30.3 Å². The van der Waals surface area contributed by atoms with Gasteiger partial charge in [-0.1, -0.05) is 51.0 Å². The van der Waals surface area contributed by atoms with Crippen molar-refractivity contribution >= 4 is 38.4 Å². The van der Waals surface area contributed by atoms with Crippen molar-refractivity contribution in [2.75, 3.05) is 18.0 Å². The van der Waals surface area contributed by atoms with E-state index in [1.165, 1.54) is 0 Å². The lowest BCUT2D eigenvalue weighted by Gasteiger charge is -2.24. The van der Waals surface area contributed by atoms with Crippen LogP contribution in [0.15, 0.2) is 46.9 Å². The Morgan fingerprint density at radius 1 is 0.821 bits per heavy atom. The van der Waals surface area contributed by atoms with E-state index in [4.69, 9.17) is 4.42 Å². The fourth-order valence-electron chi connectivity index (χ4n) is 3.90. The molecule has 0 spiro atoms. The molecule has 0 amide bonds. The summed E-state index contributed by atoms with van der Waals surface area (Å²) >= 11 is 0. The molecule has 0 aliphatic rings. The van der Waals surface area contributed by atoms with E-state index in [-0.39, 0.29) is 11.5 Å². The zero-order valence-electron chi connectivity index (χ0n) is 16.5. The summed E-state index contributed by atoms with van der Waals surface area (Å²) < 4.78 is 6.04. The van der Waals surface area contributed by atoms with Gasteiger partial charge < -0.3 is 19.5 Å². The van der Waals surface area contributed by atoms with Gasteiger partial charge in [0.05, 0.1) is 5.39 Å². The van der Waals surface area contributed by atoms with Crippen LogP contribution in [0.5, 0.6) is 11.5 Å². The van der Waals surface area contributed by atoms with E-state index in [2.05, 4.69) is 24.8 Å². The Balaban J connectivity index is 1.88. The average Bonchev–Trinajstić information content (AvgIpc) is 3.11. The van der Waals surface area contributed by atoms with E-state index >= 15 is 0 Å². The first-order chi connectivity index (χ1) is 13.7. The molecule has 3 aromatic carbocycles. The Kier molecular flexibility index (Phi) is 5.03. The quantitative estimate of drug-likeness (QED) is 0.358. The van der Waals surface area contributed by atoms with Crippen LogP contribution in [0.25, 0.3) is 32.7 Å². The number of furan rings is 1. The molecular formula is C24H27NO3. The van der Waals surface area contributed by atoms with Crippen molar-refractivity contribution in [3.8, 4) is 11.5 Å². The molecule has 146 valence electrons. The zero-order chi connectivity index (χ0) is 19.7. The number of rotatable bonds is 7. The summed E-state index contributed by atoms with van der Waals surface area (Å²) in [6.45, 7) is 6.44. The first-order valence-electron chi connectivity index (χ1n) is 10.2. The number of hydrogen-bond acceptors (Lipinski definition) is 4. The normalized spacial score (nSPS) is 11.6. The van der Waals surface area contributed by atoms with E-state index in [0.717, 1.165) is 49.8 Å². The molecule has 0 radical (unpaired) electrons. The predicted octanol–water partition coefficient (Wildman–Crippen LogP) is 6.56. The summed E-state index contributed by atoms with van der Waals surface area (Å²) in [5.41, 5.74) is 2.15. The van der Waals surface area contributed by atoms with Gasteiger partial charge in [0.15, 0.2) is 11.3 Å². The minimum Gasteiger partial charge on any atom is -0.507 e. The highest BCUT2D eigenvalue weighted by Gasteiger charge is 2.20. The predicted molar refractivity (Wildman–Crippen MR) is 117 cm³/mol. The third kappa shape index (κ3) is 3.03. The van der Waals surface area contributed by atoms with Gasteiger partial charge in [-0.2, -0.15) is 0 Å². The van der Waals surface area contributed by atoms with Crippen molar-refractivity contribution in [1.82, 2.24) is 0 Å². The molecule has 1 heterocycles. The Bertz CT molecular complexity index is 1120. The van der Waals surface area contributed by atoms with E-state index in [9.17, 15) is 10.2 Å². The van der Waals surface area contributed by atoms with Gasteiger partial charge in [0.1, 0.15) is 11.3 Å². The van der Waals surface area contributed by atoms with Gasteiger partial charge in [-0.15, -0.1) is 0 Å². The molecule has 0 saturated heterocycles. The third-order valence-electron chi connectivity index (χ3n) is 5.49. The molecule has 0 aliphatic carbocycles. The van der Waals surface area contributed by atoms with Crippen LogP contribution >= 0.6 is 0 Å². The van der Waals surface area contributed by atoms with E-state index in [1.54, 1.807) is 6.07 Å². The molecule has 4 aromatic rings. The van der Waals surface area contributed by atoms with Crippen LogP contribution in [-0.2, 0) is 0 Å². The molecule has 4 heteroatoms. The van der Waals surface area contributed by atoms with Gasteiger partial charge in [-0.05, 0) is 25.0 Å². The lowest BCUT2D eigenvalue weighted by atomic mass is 10.0. The van der Waals surface area contributed by atoms with Crippen LogP contribution in [0.1, 0.15) is 39.5 Å². The maximum atomic E-state index is 10.9. The molecule has 28 heavy (non-hydrogen) atoms. The van der Waals surface area contributed by atoms with Crippen molar-refractivity contribution in [1.29, 1.82) is 0 Å². The molecule has 0 fully saturated rings. The number of phenols is 2. The summed E-state index contributed by atoms with van der Waals surface area (Å²) in [6.07, 6.45) is 4.61. The SMILES string of the molecule is CCCCN(CCCC)c1ccc2c(c1)oc1c(O)c3ccccc3c(O)c12. The van der Waals surface area contributed by atoms with Crippen molar-refractivity contribution in [2.45, 2.75) is 39.5 Å². The van der Waals surface area contributed by atoms with Crippen molar-refractivity contribution in [3.05, 3.63) is 42.5 Å². The summed E-state index contributed by atoms with van der Waals surface area (Å²) in [4.78, 5) is 2.40. The first kappa shape index (κ1) is 18.5. The van der Waals surface area contributed by atoms with Gasteiger partial charge in [0, 0.05) is 41.0 Å². The van der Waals surface area contributed by atoms with Crippen LogP contribution in [0.4, 0.5) is 5.69 Å². The average molecular weight is 377 g/mol. The molecule has 0 saturated carbocycles. The second-order valence-electron chi connectivity index (χ2n) is 7.42. The molecule has 2 N–H and O–H groups in total. The molecule has 4 rings (SSSR count). The number of aromatic hydroxyl groups is 2. The zero-order valence-corrected chi connectivity index (χ0v) is 16.5. The second kappa shape index (κ2) is 7.63. The molecule has 1 aromatic heterocycles. The van der Waals surface area contributed by atoms with E-state index < -0.39 is 0 Å². The fraction of sp³-hybridized carbons (Fsp3) is 0.333. The monoisotopic (exact) mass is 377 g/mol. The highest BCUT2D eigenvalue weighted by atomic mass is 16.4. The Morgan fingerprint density at radius 2 is 1.46 bits per heavy atom. The van der Waals surface area contributed by atoms with Crippen molar-refractivity contribution < 1.29 is 14.6 Å². The minimum atomic E-state index is 0.0787. The number of phenolic OH excluding ortho intramolecular Hbond substituents is 2. The highest BCUT2D eigenvalue weighted by Crippen LogP contribution is 2.46. The summed E-state index contributed by atoms with van der Waals surface area (Å²) in [5.74, 6) is 0.235. The molecule has 0 aliphatic heterocycles. The Morgan fingerprint density at radius 3 is 2.11 bits per heavy atom. The van der Waals surface area contributed by atoms with Gasteiger partial charge in [-0.25, -0.2) is 0 Å². The number of hydrogen-bond donors (Lipinski definition) is 2. The third-order valence-corrected chi connectivity index (χ3v) is 5.49. The van der Waals surface area contributed by atoms with Crippen LogP contribution in [0.3, 0.4) is 0 Å². The number of fused-ring (bicyclic) bond motifs is 4. The maximum Gasteiger partial charge on any atom is 0.181 e. The number of anilines is 1. The number of unbranched alkanes of at least 4 members (excludes halogenated alkanes) is 2. The smallest absolute Gasteiger partial charge is 0.181 e. The molecule has 4 nitrogen and oxygen atoms in total. The first-order valence-corrected chi connectivity index (χ1v) is 10.2. The number of benzene rings is 3. The molecule has 0 unspecified atom stereocenters. The van der Waals surface area contributed by atoms with E-state index in [0.29, 0.717) is 27.3 Å². The lowest BCUT2D eigenvalue weighted by Crippen LogP contribution is -2.25. The topological polar surface area (TPSA) is 56.8 Å². The van der Waals surface area contributed by atoms with Gasteiger partial charge in [0.25, 0.3) is 0 Å².